The molecule has 0 aliphatic rings. The van der Waals surface area contributed by atoms with E-state index in [2.05, 4.69) is 26.6 Å². The van der Waals surface area contributed by atoms with E-state index in [1.165, 1.54) is 12.1 Å². The largest absolute Gasteiger partial charge is 0.506 e. The normalized spacial score (nSPS) is 13.3. The highest BCUT2D eigenvalue weighted by Crippen LogP contribution is 2.26. The number of hydrogen-bond donors (Lipinski definition) is 4. The standard InChI is InChI=1S/C24H35BrN2O8/c1-23(2,3)13-34-22(33)27-17(21(32)35-24(4,5)6)12-14-7-9-18(28)16(11-14)26-20(31)15(25)8-10-19(29)30/h7,9,11,15,17,28H,8,10,12-13H2,1-6H3,(H,26,31)(H,27,33)(H,29,30). The molecule has 0 fully saturated rings. The maximum atomic E-state index is 12.8. The number of benzene rings is 1. The van der Waals surface area contributed by atoms with Crippen molar-refractivity contribution < 1.29 is 38.9 Å². The van der Waals surface area contributed by atoms with Crippen LogP contribution in [-0.2, 0) is 30.3 Å². The minimum atomic E-state index is -1.09. The third-order valence-corrected chi connectivity index (χ3v) is 5.15. The lowest BCUT2D eigenvalue weighted by Crippen LogP contribution is -2.46. The molecule has 0 bridgehead atoms. The number of aliphatic carboxylic acids is 1. The Morgan fingerprint density at radius 1 is 1.09 bits per heavy atom. The van der Waals surface area contributed by atoms with Crippen molar-refractivity contribution in [2.45, 2.75) is 77.3 Å². The van der Waals surface area contributed by atoms with Crippen LogP contribution in [0.5, 0.6) is 5.75 Å². The van der Waals surface area contributed by atoms with E-state index < -0.39 is 40.4 Å². The van der Waals surface area contributed by atoms with Gasteiger partial charge in [-0.15, -0.1) is 0 Å². The first-order valence-corrected chi connectivity index (χ1v) is 12.0. The molecule has 1 aromatic rings. The summed E-state index contributed by atoms with van der Waals surface area (Å²) in [6, 6.07) is 3.26. The fourth-order valence-corrected chi connectivity index (χ4v) is 3.01. The van der Waals surface area contributed by atoms with Gasteiger partial charge in [-0.2, -0.15) is 0 Å². The number of aromatic hydroxyl groups is 1. The number of phenolic OH excluding ortho intramolecular Hbond substituents is 1. The van der Waals surface area contributed by atoms with E-state index in [4.69, 9.17) is 14.6 Å². The molecule has 1 aromatic carbocycles. The molecule has 1 rings (SSSR count). The van der Waals surface area contributed by atoms with E-state index >= 15 is 0 Å². The number of rotatable bonds is 10. The number of alkyl halides is 1. The predicted molar refractivity (Wildman–Crippen MR) is 134 cm³/mol. The van der Waals surface area contributed by atoms with Gasteiger partial charge >= 0.3 is 18.0 Å². The lowest BCUT2D eigenvalue weighted by Gasteiger charge is -2.25. The predicted octanol–water partition coefficient (Wildman–Crippen LogP) is 3.98. The van der Waals surface area contributed by atoms with E-state index in [1.807, 2.05) is 20.8 Å². The molecular formula is C24H35BrN2O8. The highest BCUT2D eigenvalue weighted by atomic mass is 79.9. The number of ether oxygens (including phenoxy) is 2. The monoisotopic (exact) mass is 558 g/mol. The number of halogens is 1. The Labute approximate surface area is 213 Å². The van der Waals surface area contributed by atoms with Crippen LogP contribution in [0.2, 0.25) is 0 Å². The average molecular weight is 559 g/mol. The van der Waals surface area contributed by atoms with Crippen molar-refractivity contribution in [2.24, 2.45) is 5.41 Å². The Kier molecular flexibility index (Phi) is 11.0. The zero-order chi connectivity index (χ0) is 27.0. The van der Waals surface area contributed by atoms with Gasteiger partial charge in [0.05, 0.1) is 17.1 Å². The van der Waals surface area contributed by atoms with Crippen LogP contribution in [0.4, 0.5) is 10.5 Å². The van der Waals surface area contributed by atoms with Crippen LogP contribution in [-0.4, -0.2) is 57.2 Å². The summed E-state index contributed by atoms with van der Waals surface area (Å²) in [7, 11) is 0. The molecule has 0 heterocycles. The van der Waals surface area contributed by atoms with Crippen LogP contribution >= 0.6 is 15.9 Å². The van der Waals surface area contributed by atoms with Crippen LogP contribution in [0, 0.1) is 5.41 Å². The molecule has 0 radical (unpaired) electrons. The van der Waals surface area contributed by atoms with Crippen molar-refractivity contribution in [3.8, 4) is 5.75 Å². The first-order valence-electron chi connectivity index (χ1n) is 11.1. The second-order valence-electron chi connectivity index (χ2n) is 10.3. The lowest BCUT2D eigenvalue weighted by molar-refractivity contribution is -0.157. The molecule has 35 heavy (non-hydrogen) atoms. The minimum absolute atomic E-state index is 0.000559. The number of amides is 2. The maximum Gasteiger partial charge on any atom is 0.407 e. The molecule has 11 heteroatoms. The summed E-state index contributed by atoms with van der Waals surface area (Å²) < 4.78 is 10.6. The molecule has 0 saturated carbocycles. The van der Waals surface area contributed by atoms with Gasteiger partial charge in [0.25, 0.3) is 0 Å². The van der Waals surface area contributed by atoms with Crippen molar-refractivity contribution in [2.75, 3.05) is 11.9 Å². The molecule has 10 nitrogen and oxygen atoms in total. The fraction of sp³-hybridized carbons (Fsp3) is 0.583. The molecule has 0 aliphatic carbocycles. The van der Waals surface area contributed by atoms with Gasteiger partial charge in [-0.3, -0.25) is 9.59 Å². The van der Waals surface area contributed by atoms with Crippen molar-refractivity contribution in [1.82, 2.24) is 5.32 Å². The van der Waals surface area contributed by atoms with Crippen LogP contribution in [0.25, 0.3) is 0 Å². The minimum Gasteiger partial charge on any atom is -0.506 e. The molecule has 2 atom stereocenters. The van der Waals surface area contributed by atoms with Crippen LogP contribution < -0.4 is 10.6 Å². The lowest BCUT2D eigenvalue weighted by atomic mass is 9.99. The second kappa shape index (κ2) is 12.8. The number of anilines is 1. The first-order chi connectivity index (χ1) is 16.0. The van der Waals surface area contributed by atoms with Gasteiger partial charge in [0.15, 0.2) is 0 Å². The van der Waals surface area contributed by atoms with E-state index in [9.17, 15) is 24.3 Å². The van der Waals surface area contributed by atoms with E-state index in [0.29, 0.717) is 5.56 Å². The second-order valence-corrected chi connectivity index (χ2v) is 11.4. The number of phenols is 1. The van der Waals surface area contributed by atoms with Gasteiger partial charge in [0, 0.05) is 12.8 Å². The molecule has 2 amide bonds. The topological polar surface area (TPSA) is 151 Å². The molecule has 2 unspecified atom stereocenters. The van der Waals surface area contributed by atoms with Gasteiger partial charge in [-0.1, -0.05) is 42.8 Å². The summed E-state index contributed by atoms with van der Waals surface area (Å²) in [4.78, 5) is 47.4. The van der Waals surface area contributed by atoms with Gasteiger partial charge < -0.3 is 30.3 Å². The quantitative estimate of drug-likeness (QED) is 0.191. The molecule has 0 aromatic heterocycles. The number of carboxylic acids is 1. The van der Waals surface area contributed by atoms with Gasteiger partial charge in [-0.05, 0) is 50.3 Å². The molecule has 0 aliphatic heterocycles. The number of hydrogen-bond acceptors (Lipinski definition) is 7. The summed E-state index contributed by atoms with van der Waals surface area (Å²) >= 11 is 3.14. The Morgan fingerprint density at radius 3 is 2.26 bits per heavy atom. The summed E-state index contributed by atoms with van der Waals surface area (Å²) in [5, 5.41) is 24.0. The average Bonchev–Trinajstić information content (AvgIpc) is 2.70. The third kappa shape index (κ3) is 12.4. The summed E-state index contributed by atoms with van der Waals surface area (Å²) in [6.07, 6.45) is -0.921. The summed E-state index contributed by atoms with van der Waals surface area (Å²) in [5.74, 6) is -2.45. The van der Waals surface area contributed by atoms with E-state index in [0.717, 1.165) is 0 Å². The highest BCUT2D eigenvalue weighted by Gasteiger charge is 2.28. The van der Waals surface area contributed by atoms with Gasteiger partial charge in [-0.25, -0.2) is 9.59 Å². The van der Waals surface area contributed by atoms with E-state index in [1.54, 1.807) is 26.8 Å². The summed E-state index contributed by atoms with van der Waals surface area (Å²) in [5.41, 5.74) is -0.464. The Hall–Kier alpha value is -2.82. The van der Waals surface area contributed by atoms with Gasteiger partial charge in [0.2, 0.25) is 5.91 Å². The van der Waals surface area contributed by atoms with Crippen LogP contribution in [0.1, 0.15) is 59.9 Å². The van der Waals surface area contributed by atoms with Crippen LogP contribution in [0.3, 0.4) is 0 Å². The summed E-state index contributed by atoms with van der Waals surface area (Å²) in [6.45, 7) is 11.0. The van der Waals surface area contributed by atoms with Gasteiger partial charge in [0.1, 0.15) is 17.4 Å². The van der Waals surface area contributed by atoms with Crippen molar-refractivity contribution in [1.29, 1.82) is 0 Å². The number of nitrogens with one attached hydrogen (secondary N) is 2. The van der Waals surface area contributed by atoms with Crippen molar-refractivity contribution in [3.05, 3.63) is 23.8 Å². The molecule has 4 N–H and O–H groups in total. The number of esters is 1. The fourth-order valence-electron chi connectivity index (χ4n) is 2.67. The van der Waals surface area contributed by atoms with Crippen molar-refractivity contribution in [3.63, 3.8) is 0 Å². The third-order valence-electron chi connectivity index (χ3n) is 4.27. The number of carbonyl (C=O) groups excluding carboxylic acids is 3. The molecule has 0 saturated heterocycles. The number of carboxylic acid groups (broad SMARTS) is 1. The zero-order valence-electron chi connectivity index (χ0n) is 20.9. The number of alkyl carbamates (subject to hydrolysis) is 1. The smallest absolute Gasteiger partial charge is 0.407 e. The SMILES string of the molecule is CC(C)(C)COC(=O)NC(Cc1ccc(O)c(NC(=O)C(Br)CCC(=O)O)c1)C(=O)OC(C)(C)C. The highest BCUT2D eigenvalue weighted by molar-refractivity contribution is 9.10. The molecule has 196 valence electrons. The number of carbonyl (C=O) groups is 4. The zero-order valence-corrected chi connectivity index (χ0v) is 22.5. The van der Waals surface area contributed by atoms with Crippen LogP contribution in [0.15, 0.2) is 18.2 Å². The first kappa shape index (κ1) is 30.2. The Bertz CT molecular complexity index is 921. The Balaban J connectivity index is 3.03. The Morgan fingerprint density at radius 2 is 1.71 bits per heavy atom. The maximum absolute atomic E-state index is 12.8. The van der Waals surface area contributed by atoms with Crippen molar-refractivity contribution >= 4 is 45.6 Å². The van der Waals surface area contributed by atoms with E-state index in [-0.39, 0.29) is 42.7 Å². The molecular weight excluding hydrogens is 524 g/mol. The molecule has 0 spiro atoms.